The number of aliphatic hydroxyl groups is 1. The van der Waals surface area contributed by atoms with Gasteiger partial charge in [0, 0.05) is 17.5 Å². The van der Waals surface area contributed by atoms with Crippen LogP contribution < -0.4 is 4.90 Å². The number of aryl methyl sites for hydroxylation is 2. The van der Waals surface area contributed by atoms with Crippen molar-refractivity contribution in [2.45, 2.75) is 75.5 Å². The predicted octanol–water partition coefficient (Wildman–Crippen LogP) is 4.19. The Bertz CT molecular complexity index is 1180. The monoisotopic (exact) mass is 552 g/mol. The Morgan fingerprint density at radius 1 is 1.10 bits per heavy atom. The van der Waals surface area contributed by atoms with Crippen molar-refractivity contribution in [2.24, 2.45) is 17.8 Å². The van der Waals surface area contributed by atoms with Gasteiger partial charge in [-0.2, -0.15) is 0 Å². The lowest BCUT2D eigenvalue weighted by Crippen LogP contribution is -2.57. The number of para-hydroxylation sites is 1. The summed E-state index contributed by atoms with van der Waals surface area (Å²) < 4.78 is 4.77. The molecule has 1 spiro atoms. The fourth-order valence-electron chi connectivity index (χ4n) is 7.00. The first kappa shape index (κ1) is 28.0. The van der Waals surface area contributed by atoms with Gasteiger partial charge in [0.2, 0.25) is 5.91 Å². The van der Waals surface area contributed by atoms with Crippen molar-refractivity contribution in [2.75, 3.05) is 24.7 Å². The molecule has 2 saturated heterocycles. The zero-order valence-electron chi connectivity index (χ0n) is 23.3. The number of fused-ring (bicyclic) bond motifs is 2. The van der Waals surface area contributed by atoms with Crippen LogP contribution in [0.2, 0.25) is 0 Å². The summed E-state index contributed by atoms with van der Waals surface area (Å²) >= 11 is 1.55. The van der Waals surface area contributed by atoms with Crippen LogP contribution in [0.5, 0.6) is 0 Å². The van der Waals surface area contributed by atoms with E-state index in [0.29, 0.717) is 19.6 Å². The molecule has 0 aliphatic carbocycles. The Kier molecular flexibility index (Phi) is 7.98. The molecule has 4 aliphatic rings. The van der Waals surface area contributed by atoms with Gasteiger partial charge in [-0.25, -0.2) is 0 Å². The molecule has 6 atom stereocenters. The van der Waals surface area contributed by atoms with E-state index >= 15 is 0 Å². The quantitative estimate of drug-likeness (QED) is 0.435. The average molecular weight is 553 g/mol. The smallest absolute Gasteiger partial charge is 0.311 e. The normalized spacial score (nSPS) is 32.4. The van der Waals surface area contributed by atoms with Crippen LogP contribution in [-0.2, 0) is 19.1 Å². The molecule has 2 amide bonds. The van der Waals surface area contributed by atoms with Crippen molar-refractivity contribution in [1.82, 2.24) is 4.90 Å². The number of thioether (sulfide) groups is 1. The van der Waals surface area contributed by atoms with E-state index in [2.05, 4.69) is 6.08 Å². The van der Waals surface area contributed by atoms with Crippen molar-refractivity contribution in [3.8, 4) is 0 Å². The molecule has 1 aromatic rings. The molecule has 0 radical (unpaired) electrons. The summed E-state index contributed by atoms with van der Waals surface area (Å²) in [7, 11) is 0. The zero-order valence-corrected chi connectivity index (χ0v) is 24.2. The minimum absolute atomic E-state index is 0.163. The van der Waals surface area contributed by atoms with Crippen LogP contribution in [0.15, 0.2) is 42.5 Å². The van der Waals surface area contributed by atoms with Crippen molar-refractivity contribution in [1.29, 1.82) is 0 Å². The first-order valence-corrected chi connectivity index (χ1v) is 15.1. The number of cyclic esters (lactones) is 1. The molecular weight excluding hydrogens is 512 g/mol. The van der Waals surface area contributed by atoms with Gasteiger partial charge in [-0.15, -0.1) is 11.8 Å². The van der Waals surface area contributed by atoms with E-state index in [9.17, 15) is 19.5 Å². The highest BCUT2D eigenvalue weighted by Crippen LogP contribution is 2.61. The molecule has 0 aromatic heterocycles. The number of ether oxygens (including phenoxy) is 1. The largest absolute Gasteiger partial charge is 0.465 e. The van der Waals surface area contributed by atoms with Gasteiger partial charge < -0.3 is 19.6 Å². The maximum Gasteiger partial charge on any atom is 0.311 e. The Labute approximate surface area is 235 Å². The number of rotatable bonds is 5. The SMILES string of the molecule is Cc1cccc(C)c1N1CC=C[C@]23S[C@@H]4/C=C\CCCCOC(=O)[C@@H]4[C@H]2C(=O)N([C@@H](CO)CC(C)C)C3C1=O. The highest BCUT2D eigenvalue weighted by Gasteiger charge is 2.71. The molecule has 1 aromatic carbocycles. The third kappa shape index (κ3) is 4.73. The van der Waals surface area contributed by atoms with E-state index in [1.54, 1.807) is 21.6 Å². The lowest BCUT2D eigenvalue weighted by atomic mass is 9.78. The second-order valence-electron chi connectivity index (χ2n) is 11.7. The van der Waals surface area contributed by atoms with E-state index in [4.69, 9.17) is 4.74 Å². The maximum atomic E-state index is 14.7. The highest BCUT2D eigenvalue weighted by molar-refractivity contribution is 8.02. The molecule has 1 N–H and O–H groups in total. The van der Waals surface area contributed by atoms with Gasteiger partial charge in [0.1, 0.15) is 6.04 Å². The van der Waals surface area contributed by atoms with Crippen LogP contribution in [0.1, 0.15) is 50.7 Å². The average Bonchev–Trinajstić information content (AvgIpc) is 3.28. The number of amides is 2. The molecule has 8 heteroatoms. The summed E-state index contributed by atoms with van der Waals surface area (Å²) in [5, 5.41) is 10.3. The summed E-state index contributed by atoms with van der Waals surface area (Å²) in [6.07, 6.45) is 11.3. The fourth-order valence-corrected chi connectivity index (χ4v) is 8.99. The molecular formula is C31H40N2O5S. The number of aliphatic hydroxyl groups excluding tert-OH is 1. The fraction of sp³-hybridized carbons (Fsp3) is 0.581. The Morgan fingerprint density at radius 3 is 2.54 bits per heavy atom. The van der Waals surface area contributed by atoms with Crippen LogP contribution in [-0.4, -0.2) is 69.6 Å². The standard InChI is InChI=1S/C31H40N2O5S/c1-19(2)17-22(18-34)33-27-29(36)32(26-20(3)11-9-12-21(26)4)15-10-14-31(27)25(28(33)35)24-23(39-31)13-7-5-6-8-16-38-30(24)37/h7,9-14,19,22-25,27,34H,5-6,8,15-18H2,1-4H3/b13-7-/t22-,23-,24+,25+,27?,31+/m1/s1. The first-order valence-electron chi connectivity index (χ1n) is 14.2. The molecule has 1 unspecified atom stereocenters. The summed E-state index contributed by atoms with van der Waals surface area (Å²) in [5.41, 5.74) is 2.83. The zero-order chi connectivity index (χ0) is 27.9. The summed E-state index contributed by atoms with van der Waals surface area (Å²) in [4.78, 5) is 46.2. The topological polar surface area (TPSA) is 87.2 Å². The second kappa shape index (κ2) is 11.1. The molecule has 2 fully saturated rings. The lowest BCUT2D eigenvalue weighted by Gasteiger charge is -2.39. The number of nitrogens with zero attached hydrogens (tertiary/aromatic N) is 2. The van der Waals surface area contributed by atoms with E-state index < -0.39 is 28.7 Å². The van der Waals surface area contributed by atoms with Crippen LogP contribution in [0.25, 0.3) is 0 Å². The summed E-state index contributed by atoms with van der Waals surface area (Å²) in [5.74, 6) is -1.98. The van der Waals surface area contributed by atoms with Crippen LogP contribution in [0.4, 0.5) is 5.69 Å². The molecule has 4 aliphatic heterocycles. The number of hydrogen-bond acceptors (Lipinski definition) is 6. The van der Waals surface area contributed by atoms with Crippen LogP contribution in [0, 0.1) is 31.6 Å². The van der Waals surface area contributed by atoms with E-state index in [1.807, 2.05) is 64.1 Å². The van der Waals surface area contributed by atoms with Crippen molar-refractivity contribution >= 4 is 35.2 Å². The van der Waals surface area contributed by atoms with Gasteiger partial charge in [-0.3, -0.25) is 14.4 Å². The summed E-state index contributed by atoms with van der Waals surface area (Å²) in [6.45, 7) is 8.55. The van der Waals surface area contributed by atoms with E-state index in [-0.39, 0.29) is 35.6 Å². The molecule has 7 nitrogen and oxygen atoms in total. The van der Waals surface area contributed by atoms with Crippen LogP contribution >= 0.6 is 11.8 Å². The van der Waals surface area contributed by atoms with Gasteiger partial charge in [-0.1, -0.05) is 56.4 Å². The number of carbonyl (C=O) groups excluding carboxylic acids is 3. The van der Waals surface area contributed by atoms with Crippen LogP contribution in [0.3, 0.4) is 0 Å². The number of carbonyl (C=O) groups is 3. The van der Waals surface area contributed by atoms with Gasteiger partial charge in [0.25, 0.3) is 5.91 Å². The van der Waals surface area contributed by atoms with Gasteiger partial charge >= 0.3 is 5.97 Å². The van der Waals surface area contributed by atoms with E-state index in [0.717, 1.165) is 36.1 Å². The highest BCUT2D eigenvalue weighted by atomic mass is 32.2. The van der Waals surface area contributed by atoms with Crippen molar-refractivity contribution in [3.63, 3.8) is 0 Å². The van der Waals surface area contributed by atoms with E-state index in [1.165, 1.54) is 0 Å². The Balaban J connectivity index is 1.66. The van der Waals surface area contributed by atoms with Gasteiger partial charge in [-0.05, 0) is 56.6 Å². The maximum absolute atomic E-state index is 14.7. The van der Waals surface area contributed by atoms with Gasteiger partial charge in [0.15, 0.2) is 0 Å². The second-order valence-corrected chi connectivity index (χ2v) is 13.2. The Morgan fingerprint density at radius 2 is 1.85 bits per heavy atom. The number of hydrogen-bond donors (Lipinski definition) is 1. The number of allylic oxidation sites excluding steroid dienone is 1. The first-order chi connectivity index (χ1) is 18.7. The Hall–Kier alpha value is -2.58. The molecule has 0 bridgehead atoms. The summed E-state index contributed by atoms with van der Waals surface area (Å²) in [6, 6.07) is 4.60. The number of esters is 1. The number of benzene rings is 1. The van der Waals surface area contributed by atoms with Gasteiger partial charge in [0.05, 0.1) is 35.8 Å². The molecule has 5 rings (SSSR count). The number of anilines is 1. The molecule has 0 saturated carbocycles. The molecule has 210 valence electrons. The minimum atomic E-state index is -0.934. The minimum Gasteiger partial charge on any atom is -0.465 e. The number of likely N-dealkylation sites (tertiary alicyclic amines) is 1. The molecule has 4 heterocycles. The lowest BCUT2D eigenvalue weighted by molar-refractivity contribution is -0.153. The third-order valence-electron chi connectivity index (χ3n) is 8.60. The van der Waals surface area contributed by atoms with Crippen molar-refractivity contribution in [3.05, 3.63) is 53.6 Å². The third-order valence-corrected chi connectivity index (χ3v) is 10.3. The van der Waals surface area contributed by atoms with Crippen molar-refractivity contribution < 1.29 is 24.2 Å². The predicted molar refractivity (Wildman–Crippen MR) is 153 cm³/mol. The molecule has 39 heavy (non-hydrogen) atoms.